The molecule has 0 saturated carbocycles. The molecule has 0 unspecified atom stereocenters. The highest BCUT2D eigenvalue weighted by Gasteiger charge is 2.19. The SMILES string of the molecule is CCN1CCN(C[C@@H]2CCCCCN2)CC1. The van der Waals surface area contributed by atoms with Gasteiger partial charge in [-0.1, -0.05) is 19.8 Å². The van der Waals surface area contributed by atoms with E-state index in [1.54, 1.807) is 0 Å². The molecule has 2 fully saturated rings. The van der Waals surface area contributed by atoms with Gasteiger partial charge in [-0.15, -0.1) is 0 Å². The van der Waals surface area contributed by atoms with Gasteiger partial charge in [-0.05, 0) is 25.9 Å². The highest BCUT2D eigenvalue weighted by molar-refractivity contribution is 4.78. The lowest BCUT2D eigenvalue weighted by molar-refractivity contribution is 0.126. The van der Waals surface area contributed by atoms with E-state index in [9.17, 15) is 0 Å². The Hall–Kier alpha value is -0.120. The Balaban J connectivity index is 1.69. The first-order chi connectivity index (χ1) is 7.88. The first kappa shape index (κ1) is 12.3. The first-order valence-electron chi connectivity index (χ1n) is 7.06. The Labute approximate surface area is 100 Å². The molecule has 0 aliphatic carbocycles. The van der Waals surface area contributed by atoms with Gasteiger partial charge >= 0.3 is 0 Å². The minimum atomic E-state index is 0.760. The van der Waals surface area contributed by atoms with Crippen molar-refractivity contribution in [2.24, 2.45) is 0 Å². The normalized spacial score (nSPS) is 30.2. The van der Waals surface area contributed by atoms with Crippen LogP contribution in [-0.4, -0.2) is 61.7 Å². The number of nitrogens with zero attached hydrogens (tertiary/aromatic N) is 2. The average molecular weight is 225 g/mol. The first-order valence-corrected chi connectivity index (χ1v) is 7.06. The summed E-state index contributed by atoms with van der Waals surface area (Å²) in [4.78, 5) is 5.20. The van der Waals surface area contributed by atoms with Crippen LogP contribution in [0, 0.1) is 0 Å². The monoisotopic (exact) mass is 225 g/mol. The van der Waals surface area contributed by atoms with Crippen molar-refractivity contribution in [2.75, 3.05) is 45.8 Å². The lowest BCUT2D eigenvalue weighted by Crippen LogP contribution is -2.50. The molecule has 94 valence electrons. The second-order valence-corrected chi connectivity index (χ2v) is 5.24. The minimum absolute atomic E-state index is 0.760. The summed E-state index contributed by atoms with van der Waals surface area (Å²) in [6, 6.07) is 0.760. The fraction of sp³-hybridized carbons (Fsp3) is 1.00. The summed E-state index contributed by atoms with van der Waals surface area (Å²) in [5.41, 5.74) is 0. The van der Waals surface area contributed by atoms with E-state index in [0.717, 1.165) is 6.04 Å². The molecule has 0 aromatic heterocycles. The molecular formula is C13H27N3. The van der Waals surface area contributed by atoms with Crippen LogP contribution in [-0.2, 0) is 0 Å². The van der Waals surface area contributed by atoms with Gasteiger partial charge < -0.3 is 10.2 Å². The van der Waals surface area contributed by atoms with Crippen LogP contribution in [0.15, 0.2) is 0 Å². The Morgan fingerprint density at radius 1 is 1.00 bits per heavy atom. The molecule has 2 rings (SSSR count). The summed E-state index contributed by atoms with van der Waals surface area (Å²) >= 11 is 0. The highest BCUT2D eigenvalue weighted by Crippen LogP contribution is 2.11. The smallest absolute Gasteiger partial charge is 0.0195 e. The molecule has 1 atom stereocenters. The van der Waals surface area contributed by atoms with Gasteiger partial charge in [0.25, 0.3) is 0 Å². The van der Waals surface area contributed by atoms with Crippen LogP contribution in [0.3, 0.4) is 0 Å². The maximum atomic E-state index is 3.70. The Morgan fingerprint density at radius 3 is 2.50 bits per heavy atom. The van der Waals surface area contributed by atoms with Crippen LogP contribution in [0.5, 0.6) is 0 Å². The molecule has 0 spiro atoms. The van der Waals surface area contributed by atoms with Crippen molar-refractivity contribution in [3.63, 3.8) is 0 Å². The van der Waals surface area contributed by atoms with Crippen molar-refractivity contribution in [2.45, 2.75) is 38.6 Å². The van der Waals surface area contributed by atoms with Gasteiger partial charge in [0.15, 0.2) is 0 Å². The second-order valence-electron chi connectivity index (χ2n) is 5.24. The Bertz CT molecular complexity index is 180. The number of piperazine rings is 1. The highest BCUT2D eigenvalue weighted by atomic mass is 15.3. The van der Waals surface area contributed by atoms with Gasteiger partial charge in [-0.2, -0.15) is 0 Å². The van der Waals surface area contributed by atoms with Crippen molar-refractivity contribution in [3.05, 3.63) is 0 Å². The van der Waals surface area contributed by atoms with Crippen molar-refractivity contribution >= 4 is 0 Å². The molecule has 2 aliphatic heterocycles. The summed E-state index contributed by atoms with van der Waals surface area (Å²) in [7, 11) is 0. The molecule has 2 heterocycles. The van der Waals surface area contributed by atoms with Gasteiger partial charge in [0.05, 0.1) is 0 Å². The molecule has 0 aromatic rings. The van der Waals surface area contributed by atoms with E-state index in [0.29, 0.717) is 0 Å². The fourth-order valence-electron chi connectivity index (χ4n) is 2.86. The molecule has 0 bridgehead atoms. The van der Waals surface area contributed by atoms with Crippen LogP contribution in [0.4, 0.5) is 0 Å². The largest absolute Gasteiger partial charge is 0.313 e. The molecule has 2 saturated heterocycles. The zero-order valence-electron chi connectivity index (χ0n) is 10.7. The van der Waals surface area contributed by atoms with Gasteiger partial charge in [-0.25, -0.2) is 0 Å². The molecular weight excluding hydrogens is 198 g/mol. The van der Waals surface area contributed by atoms with Crippen LogP contribution in [0.25, 0.3) is 0 Å². The van der Waals surface area contributed by atoms with Crippen molar-refractivity contribution in [1.82, 2.24) is 15.1 Å². The zero-order chi connectivity index (χ0) is 11.2. The van der Waals surface area contributed by atoms with Crippen LogP contribution < -0.4 is 5.32 Å². The second kappa shape index (κ2) is 6.58. The van der Waals surface area contributed by atoms with E-state index in [4.69, 9.17) is 0 Å². The zero-order valence-corrected chi connectivity index (χ0v) is 10.7. The Morgan fingerprint density at radius 2 is 1.75 bits per heavy atom. The molecule has 3 nitrogen and oxygen atoms in total. The van der Waals surface area contributed by atoms with E-state index in [-0.39, 0.29) is 0 Å². The van der Waals surface area contributed by atoms with Gasteiger partial charge in [-0.3, -0.25) is 4.90 Å². The third kappa shape index (κ3) is 3.72. The number of hydrogen-bond acceptors (Lipinski definition) is 3. The van der Waals surface area contributed by atoms with Crippen molar-refractivity contribution in [3.8, 4) is 0 Å². The van der Waals surface area contributed by atoms with Crippen molar-refractivity contribution < 1.29 is 0 Å². The maximum absolute atomic E-state index is 3.70. The molecule has 3 heteroatoms. The van der Waals surface area contributed by atoms with E-state index >= 15 is 0 Å². The molecule has 16 heavy (non-hydrogen) atoms. The lowest BCUT2D eigenvalue weighted by atomic mass is 10.1. The topological polar surface area (TPSA) is 18.5 Å². The van der Waals surface area contributed by atoms with Gasteiger partial charge in [0.2, 0.25) is 0 Å². The van der Waals surface area contributed by atoms with Gasteiger partial charge in [0.1, 0.15) is 0 Å². The average Bonchev–Trinajstić information content (AvgIpc) is 2.59. The molecule has 0 amide bonds. The standard InChI is InChI=1S/C13H27N3/c1-2-15-8-10-16(11-9-15)12-13-6-4-3-5-7-14-13/h13-14H,2-12H2,1H3/t13-/m0/s1. The van der Waals surface area contributed by atoms with E-state index in [1.165, 1.54) is 71.5 Å². The van der Waals surface area contributed by atoms with Crippen molar-refractivity contribution in [1.29, 1.82) is 0 Å². The predicted octanol–water partition coefficient (Wildman–Crippen LogP) is 1.16. The van der Waals surface area contributed by atoms with Crippen LogP contribution >= 0.6 is 0 Å². The fourth-order valence-corrected chi connectivity index (χ4v) is 2.86. The third-order valence-corrected chi connectivity index (χ3v) is 4.05. The van der Waals surface area contributed by atoms with Gasteiger partial charge in [0, 0.05) is 38.8 Å². The summed E-state index contributed by atoms with van der Waals surface area (Å²) in [5.74, 6) is 0. The molecule has 2 aliphatic rings. The lowest BCUT2D eigenvalue weighted by Gasteiger charge is -2.36. The minimum Gasteiger partial charge on any atom is -0.313 e. The quantitative estimate of drug-likeness (QED) is 0.777. The Kier molecular flexibility index (Phi) is 5.07. The maximum Gasteiger partial charge on any atom is 0.0195 e. The summed E-state index contributed by atoms with van der Waals surface area (Å²) in [6.07, 6.45) is 5.60. The summed E-state index contributed by atoms with van der Waals surface area (Å²) in [6.45, 7) is 11.1. The van der Waals surface area contributed by atoms with E-state index < -0.39 is 0 Å². The number of rotatable bonds is 3. The van der Waals surface area contributed by atoms with Crippen LogP contribution in [0.2, 0.25) is 0 Å². The molecule has 1 N–H and O–H groups in total. The predicted molar refractivity (Wildman–Crippen MR) is 68.8 cm³/mol. The summed E-state index contributed by atoms with van der Waals surface area (Å²) in [5, 5.41) is 3.70. The molecule has 0 aromatic carbocycles. The van der Waals surface area contributed by atoms with E-state index in [1.807, 2.05) is 0 Å². The number of hydrogen-bond donors (Lipinski definition) is 1. The van der Waals surface area contributed by atoms with E-state index in [2.05, 4.69) is 22.0 Å². The molecule has 0 radical (unpaired) electrons. The van der Waals surface area contributed by atoms with Crippen LogP contribution in [0.1, 0.15) is 32.6 Å². The number of nitrogens with one attached hydrogen (secondary N) is 1. The third-order valence-electron chi connectivity index (χ3n) is 4.05. The number of likely N-dealkylation sites (N-methyl/N-ethyl adjacent to an activating group) is 1. The summed E-state index contributed by atoms with van der Waals surface area (Å²) < 4.78 is 0.